The molecule has 6 nitrogen and oxygen atoms in total. The highest BCUT2D eigenvalue weighted by Crippen LogP contribution is 2.40. The highest BCUT2D eigenvalue weighted by atomic mass is 16.7. The molecule has 1 saturated carbocycles. The van der Waals surface area contributed by atoms with Crippen LogP contribution in [0.2, 0.25) is 0 Å². The Morgan fingerprint density at radius 3 is 2.26 bits per heavy atom. The number of aromatic hydroxyl groups is 1. The maximum absolute atomic E-state index is 10.4. The van der Waals surface area contributed by atoms with Crippen molar-refractivity contribution in [2.24, 2.45) is 0 Å². The van der Waals surface area contributed by atoms with Crippen molar-refractivity contribution in [3.05, 3.63) is 83.4 Å². The second-order valence-electron chi connectivity index (χ2n) is 10.1. The Labute approximate surface area is 224 Å². The molecular weight excluding hydrogens is 478 g/mol. The zero-order valence-electron chi connectivity index (χ0n) is 22.0. The summed E-state index contributed by atoms with van der Waals surface area (Å²) in [7, 11) is 0. The Hall–Kier alpha value is -3.48. The van der Waals surface area contributed by atoms with E-state index in [2.05, 4.69) is 18.3 Å². The molecule has 0 aromatic heterocycles. The molecule has 2 aliphatic rings. The topological polar surface area (TPSA) is 80.2 Å². The molecule has 1 atom stereocenters. The van der Waals surface area contributed by atoms with E-state index in [-0.39, 0.29) is 19.1 Å². The van der Waals surface area contributed by atoms with Gasteiger partial charge in [-0.05, 0) is 83.5 Å². The molecule has 3 aromatic carbocycles. The summed E-state index contributed by atoms with van der Waals surface area (Å²) < 4.78 is 17.1. The van der Waals surface area contributed by atoms with E-state index < -0.39 is 6.10 Å². The van der Waals surface area contributed by atoms with Crippen LogP contribution in [0.1, 0.15) is 62.1 Å². The van der Waals surface area contributed by atoms with Crippen LogP contribution in [0.5, 0.6) is 23.0 Å². The molecule has 0 saturated heterocycles. The fourth-order valence-corrected chi connectivity index (χ4v) is 5.33. The van der Waals surface area contributed by atoms with Gasteiger partial charge in [-0.3, -0.25) is 0 Å². The SMILES string of the molecule is CC/C(=C(/c1ccc(O)cc1)c1ccc(OCC(O)CNC2CCCCC2)cc1)c1ccc2c(c1)OCO2. The predicted octanol–water partition coefficient (Wildman–Crippen LogP) is 6.15. The maximum atomic E-state index is 10.4. The highest BCUT2D eigenvalue weighted by Gasteiger charge is 2.19. The Morgan fingerprint density at radius 2 is 1.55 bits per heavy atom. The molecule has 38 heavy (non-hydrogen) atoms. The second kappa shape index (κ2) is 12.4. The van der Waals surface area contributed by atoms with E-state index in [1.807, 2.05) is 48.5 Å². The lowest BCUT2D eigenvalue weighted by molar-refractivity contribution is 0.102. The minimum absolute atomic E-state index is 0.231. The number of hydrogen-bond acceptors (Lipinski definition) is 6. The Morgan fingerprint density at radius 1 is 0.895 bits per heavy atom. The summed E-state index contributed by atoms with van der Waals surface area (Å²) in [6, 6.07) is 21.8. The van der Waals surface area contributed by atoms with Crippen LogP contribution in [0.25, 0.3) is 11.1 Å². The van der Waals surface area contributed by atoms with Gasteiger partial charge in [0.05, 0.1) is 0 Å². The number of rotatable bonds is 10. The van der Waals surface area contributed by atoms with Crippen LogP contribution in [0.15, 0.2) is 66.7 Å². The standard InChI is InChI=1S/C32H37NO5/c1-2-29(24-12-17-30-31(18-24)38-21-37-30)32(22-8-13-26(34)14-9-22)23-10-15-28(16-11-23)36-20-27(35)19-33-25-6-4-3-5-7-25/h8-18,25,27,33-35H,2-7,19-21H2,1H3/b32-29+. The molecule has 3 N–H and O–H groups in total. The Balaban J connectivity index is 1.35. The summed E-state index contributed by atoms with van der Waals surface area (Å²) in [5, 5.41) is 23.8. The number of benzene rings is 3. The average molecular weight is 516 g/mol. The number of ether oxygens (including phenoxy) is 3. The third-order valence-corrected chi connectivity index (χ3v) is 7.37. The van der Waals surface area contributed by atoms with Gasteiger partial charge in [0, 0.05) is 12.6 Å². The van der Waals surface area contributed by atoms with Gasteiger partial charge in [-0.15, -0.1) is 0 Å². The summed E-state index contributed by atoms with van der Waals surface area (Å²) in [4.78, 5) is 0. The summed E-state index contributed by atoms with van der Waals surface area (Å²) in [5.74, 6) is 2.46. The first-order chi connectivity index (χ1) is 18.6. The first-order valence-corrected chi connectivity index (χ1v) is 13.7. The van der Waals surface area contributed by atoms with Crippen LogP contribution in [0.3, 0.4) is 0 Å². The summed E-state index contributed by atoms with van der Waals surface area (Å²) in [6.45, 7) is 3.17. The molecule has 1 fully saturated rings. The number of aliphatic hydroxyl groups excluding tert-OH is 1. The van der Waals surface area contributed by atoms with Gasteiger partial charge < -0.3 is 29.7 Å². The van der Waals surface area contributed by atoms with Crippen LogP contribution in [0, 0.1) is 0 Å². The number of phenolic OH excluding ortho intramolecular Hbond substituents is 1. The molecular formula is C32H37NO5. The number of allylic oxidation sites excluding steroid dienone is 1. The zero-order valence-corrected chi connectivity index (χ0v) is 22.0. The van der Waals surface area contributed by atoms with E-state index in [0.29, 0.717) is 12.6 Å². The third-order valence-electron chi connectivity index (χ3n) is 7.37. The van der Waals surface area contributed by atoms with Crippen LogP contribution in [0.4, 0.5) is 0 Å². The van der Waals surface area contributed by atoms with Crippen molar-refractivity contribution < 1.29 is 24.4 Å². The molecule has 0 bridgehead atoms. The smallest absolute Gasteiger partial charge is 0.231 e. The molecule has 1 unspecified atom stereocenters. The third kappa shape index (κ3) is 6.32. The average Bonchev–Trinajstić information content (AvgIpc) is 3.43. The molecule has 1 heterocycles. The number of hydrogen-bond donors (Lipinski definition) is 3. The van der Waals surface area contributed by atoms with E-state index >= 15 is 0 Å². The number of phenols is 1. The lowest BCUT2D eigenvalue weighted by Gasteiger charge is -2.24. The van der Waals surface area contributed by atoms with E-state index in [4.69, 9.17) is 14.2 Å². The van der Waals surface area contributed by atoms with Crippen molar-refractivity contribution in [1.82, 2.24) is 5.32 Å². The van der Waals surface area contributed by atoms with Crippen molar-refractivity contribution >= 4 is 11.1 Å². The van der Waals surface area contributed by atoms with Crippen molar-refractivity contribution in [1.29, 1.82) is 0 Å². The predicted molar refractivity (Wildman–Crippen MR) is 150 cm³/mol. The quantitative estimate of drug-likeness (QED) is 0.281. The summed E-state index contributed by atoms with van der Waals surface area (Å²) in [6.07, 6.45) is 6.49. The van der Waals surface area contributed by atoms with Crippen LogP contribution in [-0.4, -0.2) is 42.3 Å². The van der Waals surface area contributed by atoms with Crippen LogP contribution >= 0.6 is 0 Å². The molecule has 5 rings (SSSR count). The van der Waals surface area contributed by atoms with Gasteiger partial charge in [0.2, 0.25) is 6.79 Å². The molecule has 0 spiro atoms. The summed E-state index contributed by atoms with van der Waals surface area (Å²) >= 11 is 0. The van der Waals surface area contributed by atoms with Crippen molar-refractivity contribution in [3.8, 4) is 23.0 Å². The monoisotopic (exact) mass is 515 g/mol. The highest BCUT2D eigenvalue weighted by molar-refractivity contribution is 5.99. The molecule has 0 radical (unpaired) electrons. The minimum atomic E-state index is -0.554. The maximum Gasteiger partial charge on any atom is 0.231 e. The first-order valence-electron chi connectivity index (χ1n) is 13.7. The largest absolute Gasteiger partial charge is 0.508 e. The van der Waals surface area contributed by atoms with E-state index in [1.54, 1.807) is 12.1 Å². The normalized spacial score (nSPS) is 16.7. The molecule has 200 valence electrons. The van der Waals surface area contributed by atoms with Gasteiger partial charge in [0.25, 0.3) is 0 Å². The number of fused-ring (bicyclic) bond motifs is 1. The fraction of sp³-hybridized carbons (Fsp3) is 0.375. The fourth-order valence-electron chi connectivity index (χ4n) is 5.33. The van der Waals surface area contributed by atoms with Gasteiger partial charge in [-0.1, -0.05) is 56.5 Å². The van der Waals surface area contributed by atoms with Crippen molar-refractivity contribution in [3.63, 3.8) is 0 Å². The van der Waals surface area contributed by atoms with Gasteiger partial charge in [0.1, 0.15) is 24.2 Å². The molecule has 6 heteroatoms. The Kier molecular flexibility index (Phi) is 8.51. The van der Waals surface area contributed by atoms with Crippen molar-refractivity contribution in [2.45, 2.75) is 57.6 Å². The van der Waals surface area contributed by atoms with E-state index in [0.717, 1.165) is 51.5 Å². The van der Waals surface area contributed by atoms with E-state index in [9.17, 15) is 10.2 Å². The first kappa shape index (κ1) is 26.1. The van der Waals surface area contributed by atoms with E-state index in [1.165, 1.54) is 32.1 Å². The van der Waals surface area contributed by atoms with Crippen molar-refractivity contribution in [2.75, 3.05) is 19.9 Å². The molecule has 3 aromatic rings. The van der Waals surface area contributed by atoms with Gasteiger partial charge >= 0.3 is 0 Å². The Bertz CT molecular complexity index is 1230. The van der Waals surface area contributed by atoms with Gasteiger partial charge in [-0.25, -0.2) is 0 Å². The molecule has 0 amide bonds. The second-order valence-corrected chi connectivity index (χ2v) is 10.1. The number of nitrogens with one attached hydrogen (secondary N) is 1. The molecule has 1 aliphatic carbocycles. The lowest BCUT2D eigenvalue weighted by Crippen LogP contribution is -2.38. The van der Waals surface area contributed by atoms with Gasteiger partial charge in [-0.2, -0.15) is 0 Å². The molecule has 1 aliphatic heterocycles. The zero-order chi connectivity index (χ0) is 26.3. The lowest BCUT2D eigenvalue weighted by atomic mass is 9.88. The van der Waals surface area contributed by atoms with Crippen LogP contribution < -0.4 is 19.5 Å². The number of aliphatic hydroxyl groups is 1. The van der Waals surface area contributed by atoms with Crippen LogP contribution in [-0.2, 0) is 0 Å². The summed E-state index contributed by atoms with van der Waals surface area (Å²) in [5.41, 5.74) is 5.35. The minimum Gasteiger partial charge on any atom is -0.508 e. The van der Waals surface area contributed by atoms with Gasteiger partial charge in [0.15, 0.2) is 11.5 Å².